The first kappa shape index (κ1) is 17.6. The van der Waals surface area contributed by atoms with Crippen LogP contribution in [0.5, 0.6) is 0 Å². The number of anilines is 2. The van der Waals surface area contributed by atoms with E-state index in [9.17, 15) is 4.79 Å². The molecule has 0 saturated heterocycles. The lowest BCUT2D eigenvalue weighted by Gasteiger charge is -2.17. The van der Waals surface area contributed by atoms with Crippen molar-refractivity contribution in [1.29, 1.82) is 0 Å². The van der Waals surface area contributed by atoms with Crippen LogP contribution in [0.3, 0.4) is 0 Å². The van der Waals surface area contributed by atoms with Gasteiger partial charge in [0.1, 0.15) is 5.69 Å². The molecular weight excluding hydrogens is 324 g/mol. The second-order valence-electron chi connectivity index (χ2n) is 6.26. The Kier molecular flexibility index (Phi) is 5.59. The van der Waals surface area contributed by atoms with Crippen molar-refractivity contribution in [2.75, 3.05) is 18.9 Å². The van der Waals surface area contributed by atoms with Crippen LogP contribution < -0.4 is 5.32 Å². The number of hydrogen-bond acceptors (Lipinski definition) is 4. The van der Waals surface area contributed by atoms with Crippen LogP contribution in [0.1, 0.15) is 21.6 Å². The van der Waals surface area contributed by atoms with Crippen molar-refractivity contribution in [3.63, 3.8) is 0 Å². The number of likely N-dealkylation sites (N-methyl/N-ethyl adjacent to an activating group) is 1. The summed E-state index contributed by atoms with van der Waals surface area (Å²) in [5, 5.41) is 3.32. The maximum atomic E-state index is 12.6. The molecule has 0 aliphatic heterocycles. The minimum absolute atomic E-state index is 0.0908. The number of carbonyl (C=O) groups excluding carboxylic acids is 1. The zero-order valence-electron chi connectivity index (χ0n) is 15.0. The molecule has 1 amide bonds. The zero-order chi connectivity index (χ0) is 18.4. The van der Waals surface area contributed by atoms with Crippen LogP contribution in [-0.2, 0) is 6.42 Å². The maximum Gasteiger partial charge on any atom is 0.272 e. The molecule has 0 aliphatic rings. The van der Waals surface area contributed by atoms with Crippen LogP contribution >= 0.6 is 0 Å². The summed E-state index contributed by atoms with van der Waals surface area (Å²) in [6.45, 7) is 2.67. The Morgan fingerprint density at radius 1 is 1.04 bits per heavy atom. The largest absolute Gasteiger partial charge is 0.355 e. The molecule has 5 nitrogen and oxygen atoms in total. The highest BCUT2D eigenvalue weighted by Gasteiger charge is 2.13. The van der Waals surface area contributed by atoms with Gasteiger partial charge in [-0.25, -0.2) is 0 Å². The Hall–Kier alpha value is -3.21. The molecule has 3 aromatic rings. The molecule has 1 aromatic carbocycles. The first-order valence-corrected chi connectivity index (χ1v) is 8.56. The number of carbonyl (C=O) groups is 1. The molecule has 0 atom stereocenters. The van der Waals surface area contributed by atoms with E-state index in [4.69, 9.17) is 0 Å². The molecule has 0 radical (unpaired) electrons. The highest BCUT2D eigenvalue weighted by molar-refractivity contribution is 5.93. The van der Waals surface area contributed by atoms with Crippen molar-refractivity contribution in [3.8, 4) is 0 Å². The molecule has 0 fully saturated rings. The van der Waals surface area contributed by atoms with E-state index >= 15 is 0 Å². The van der Waals surface area contributed by atoms with Crippen LogP contribution in [-0.4, -0.2) is 34.4 Å². The van der Waals surface area contributed by atoms with Gasteiger partial charge in [0.15, 0.2) is 0 Å². The molecule has 0 unspecified atom stereocenters. The number of hydrogen-bond donors (Lipinski definition) is 1. The van der Waals surface area contributed by atoms with Crippen molar-refractivity contribution >= 4 is 17.3 Å². The van der Waals surface area contributed by atoms with E-state index in [1.54, 1.807) is 36.6 Å². The summed E-state index contributed by atoms with van der Waals surface area (Å²) in [6, 6.07) is 15.7. The van der Waals surface area contributed by atoms with E-state index in [-0.39, 0.29) is 5.91 Å². The highest BCUT2D eigenvalue weighted by Crippen LogP contribution is 2.18. The Bertz CT molecular complexity index is 880. The van der Waals surface area contributed by atoms with E-state index < -0.39 is 0 Å². The number of aryl methyl sites for hydroxylation is 1. The SMILES string of the molecule is Cc1cccc(Nc2ccnc(C(=O)N(C)CCc3ccncc3)c2)c1. The van der Waals surface area contributed by atoms with E-state index in [1.807, 2.05) is 43.3 Å². The summed E-state index contributed by atoms with van der Waals surface area (Å²) in [7, 11) is 1.80. The normalized spacial score (nSPS) is 10.4. The average Bonchev–Trinajstić information content (AvgIpc) is 2.66. The molecule has 0 saturated carbocycles. The Morgan fingerprint density at radius 3 is 2.58 bits per heavy atom. The topological polar surface area (TPSA) is 58.1 Å². The van der Waals surface area contributed by atoms with E-state index in [1.165, 1.54) is 5.56 Å². The molecule has 26 heavy (non-hydrogen) atoms. The minimum Gasteiger partial charge on any atom is -0.355 e. The van der Waals surface area contributed by atoms with Crippen LogP contribution in [0.25, 0.3) is 0 Å². The summed E-state index contributed by atoms with van der Waals surface area (Å²) in [6.07, 6.45) is 5.96. The lowest BCUT2D eigenvalue weighted by molar-refractivity contribution is 0.0791. The van der Waals surface area contributed by atoms with Gasteiger partial charge in [0, 0.05) is 43.6 Å². The third-order valence-corrected chi connectivity index (χ3v) is 4.12. The summed E-state index contributed by atoms with van der Waals surface area (Å²) in [4.78, 5) is 22.6. The van der Waals surface area contributed by atoms with Gasteiger partial charge in [0.2, 0.25) is 0 Å². The van der Waals surface area contributed by atoms with Crippen molar-refractivity contribution in [3.05, 3.63) is 83.9 Å². The predicted octanol–water partition coefficient (Wildman–Crippen LogP) is 3.84. The molecule has 0 aliphatic carbocycles. The third-order valence-electron chi connectivity index (χ3n) is 4.12. The molecular formula is C21H22N4O. The average molecular weight is 346 g/mol. The summed E-state index contributed by atoms with van der Waals surface area (Å²) >= 11 is 0. The van der Waals surface area contributed by atoms with Gasteiger partial charge in [-0.2, -0.15) is 0 Å². The molecule has 132 valence electrons. The number of pyridine rings is 2. The van der Waals surface area contributed by atoms with Crippen LogP contribution in [0.15, 0.2) is 67.1 Å². The monoisotopic (exact) mass is 346 g/mol. The number of nitrogens with one attached hydrogen (secondary N) is 1. The molecule has 0 spiro atoms. The Balaban J connectivity index is 1.65. The van der Waals surface area contributed by atoms with Crippen molar-refractivity contribution in [1.82, 2.24) is 14.9 Å². The van der Waals surface area contributed by atoms with Gasteiger partial charge in [0.05, 0.1) is 0 Å². The Morgan fingerprint density at radius 2 is 1.81 bits per heavy atom. The smallest absolute Gasteiger partial charge is 0.272 e. The van der Waals surface area contributed by atoms with Crippen LogP contribution in [0, 0.1) is 6.92 Å². The van der Waals surface area contributed by atoms with E-state index in [2.05, 4.69) is 21.4 Å². The molecule has 5 heteroatoms. The first-order valence-electron chi connectivity index (χ1n) is 8.56. The summed E-state index contributed by atoms with van der Waals surface area (Å²) in [5.41, 5.74) is 4.59. The molecule has 1 N–H and O–H groups in total. The van der Waals surface area contributed by atoms with Gasteiger partial charge >= 0.3 is 0 Å². The Labute approximate surface area is 153 Å². The van der Waals surface area contributed by atoms with Gasteiger partial charge < -0.3 is 10.2 Å². The number of benzene rings is 1. The van der Waals surface area contributed by atoms with Gasteiger partial charge in [-0.3, -0.25) is 14.8 Å². The predicted molar refractivity (Wildman–Crippen MR) is 104 cm³/mol. The molecule has 0 bridgehead atoms. The lowest BCUT2D eigenvalue weighted by Crippen LogP contribution is -2.29. The third kappa shape index (κ3) is 4.66. The van der Waals surface area contributed by atoms with Crippen molar-refractivity contribution < 1.29 is 4.79 Å². The summed E-state index contributed by atoms with van der Waals surface area (Å²) in [5.74, 6) is -0.0908. The molecule has 3 rings (SSSR count). The van der Waals surface area contributed by atoms with Gasteiger partial charge in [-0.05, 0) is 60.9 Å². The van der Waals surface area contributed by atoms with Gasteiger partial charge in [-0.1, -0.05) is 12.1 Å². The second-order valence-corrected chi connectivity index (χ2v) is 6.26. The molecule has 2 heterocycles. The van der Waals surface area contributed by atoms with Gasteiger partial charge in [-0.15, -0.1) is 0 Å². The quantitative estimate of drug-likeness (QED) is 0.737. The minimum atomic E-state index is -0.0908. The van der Waals surface area contributed by atoms with Crippen LogP contribution in [0.4, 0.5) is 11.4 Å². The maximum absolute atomic E-state index is 12.6. The first-order chi connectivity index (χ1) is 12.6. The lowest BCUT2D eigenvalue weighted by atomic mass is 10.2. The zero-order valence-corrected chi connectivity index (χ0v) is 15.0. The molecule has 2 aromatic heterocycles. The standard InChI is InChI=1S/C21H22N4O/c1-16-4-3-5-18(14-16)24-19-8-12-23-20(15-19)21(26)25(2)13-9-17-6-10-22-11-7-17/h3-8,10-12,14-15H,9,13H2,1-2H3,(H,23,24). The van der Waals surface area contributed by atoms with E-state index in [0.29, 0.717) is 12.2 Å². The fourth-order valence-electron chi connectivity index (χ4n) is 2.66. The fourth-order valence-corrected chi connectivity index (χ4v) is 2.66. The van der Waals surface area contributed by atoms with Crippen molar-refractivity contribution in [2.24, 2.45) is 0 Å². The number of aromatic nitrogens is 2. The second kappa shape index (κ2) is 8.25. The van der Waals surface area contributed by atoms with Crippen molar-refractivity contribution in [2.45, 2.75) is 13.3 Å². The summed E-state index contributed by atoms with van der Waals surface area (Å²) < 4.78 is 0. The van der Waals surface area contributed by atoms with Crippen LogP contribution in [0.2, 0.25) is 0 Å². The van der Waals surface area contributed by atoms with E-state index in [0.717, 1.165) is 23.4 Å². The highest BCUT2D eigenvalue weighted by atomic mass is 16.2. The number of amides is 1. The number of nitrogens with zero attached hydrogens (tertiary/aromatic N) is 3. The van der Waals surface area contributed by atoms with Gasteiger partial charge in [0.25, 0.3) is 5.91 Å². The number of rotatable bonds is 6. The fraction of sp³-hybridized carbons (Fsp3) is 0.190.